The van der Waals surface area contributed by atoms with E-state index in [-0.39, 0.29) is 18.3 Å². The van der Waals surface area contributed by atoms with Gasteiger partial charge in [-0.2, -0.15) is 0 Å². The SMILES string of the molecule is CC(C)n1c(C=CC(C=O)CC(O)CC(=O)O)c(-c2ccc(F)cc2)c2ccccc21. The first-order chi connectivity index (χ1) is 14.8. The summed E-state index contributed by atoms with van der Waals surface area (Å²) in [7, 11) is 0. The third-order valence-corrected chi connectivity index (χ3v) is 5.23. The lowest BCUT2D eigenvalue weighted by molar-refractivity contribution is -0.139. The zero-order chi connectivity index (χ0) is 22.5. The number of rotatable bonds is 9. The standard InChI is InChI=1S/C25H26FNO4/c1-16(2)27-22-6-4-3-5-21(22)25(18-8-10-19(26)11-9-18)23(27)12-7-17(15-28)13-20(29)14-24(30)31/h3-12,15-17,20,29H,13-14H2,1-2H3,(H,30,31). The number of aliphatic hydroxyl groups is 1. The van der Waals surface area contributed by atoms with Gasteiger partial charge in [-0.1, -0.05) is 36.4 Å². The summed E-state index contributed by atoms with van der Waals surface area (Å²) < 4.78 is 15.7. The number of carboxylic acids is 1. The first-order valence-corrected chi connectivity index (χ1v) is 10.2. The van der Waals surface area contributed by atoms with Gasteiger partial charge in [0.25, 0.3) is 0 Å². The Bertz CT molecular complexity index is 1100. The van der Waals surface area contributed by atoms with Crippen LogP contribution in [0, 0.1) is 11.7 Å². The van der Waals surface area contributed by atoms with Crippen LogP contribution >= 0.6 is 0 Å². The van der Waals surface area contributed by atoms with E-state index in [0.29, 0.717) is 6.29 Å². The first-order valence-electron chi connectivity index (χ1n) is 10.2. The zero-order valence-corrected chi connectivity index (χ0v) is 17.5. The Labute approximate surface area is 180 Å². The number of aliphatic carboxylic acids is 1. The molecule has 3 aromatic rings. The Kier molecular flexibility index (Phi) is 7.02. The maximum atomic E-state index is 13.5. The maximum absolute atomic E-state index is 13.5. The minimum absolute atomic E-state index is 0.0279. The molecule has 2 aromatic carbocycles. The number of aliphatic hydroxyl groups excluding tert-OH is 1. The molecule has 0 amide bonds. The zero-order valence-electron chi connectivity index (χ0n) is 17.5. The van der Waals surface area contributed by atoms with Crippen LogP contribution in [-0.4, -0.2) is 33.1 Å². The second kappa shape index (κ2) is 9.71. The van der Waals surface area contributed by atoms with Gasteiger partial charge in [0, 0.05) is 34.1 Å². The molecular formula is C25H26FNO4. The van der Waals surface area contributed by atoms with E-state index in [4.69, 9.17) is 5.11 Å². The number of allylic oxidation sites excluding steroid dienone is 1. The van der Waals surface area contributed by atoms with Crippen molar-refractivity contribution in [2.45, 2.75) is 38.8 Å². The Hall–Kier alpha value is -3.25. The van der Waals surface area contributed by atoms with Gasteiger partial charge in [-0.3, -0.25) is 4.79 Å². The van der Waals surface area contributed by atoms with Gasteiger partial charge < -0.3 is 19.6 Å². The first kappa shape index (κ1) is 22.4. The van der Waals surface area contributed by atoms with E-state index in [1.807, 2.05) is 30.3 Å². The van der Waals surface area contributed by atoms with Crippen LogP contribution in [0.3, 0.4) is 0 Å². The Morgan fingerprint density at radius 2 is 1.81 bits per heavy atom. The molecule has 3 rings (SSSR count). The molecule has 0 saturated carbocycles. The molecule has 1 aromatic heterocycles. The van der Waals surface area contributed by atoms with Crippen molar-refractivity contribution in [2.24, 2.45) is 5.92 Å². The summed E-state index contributed by atoms with van der Waals surface area (Å²) in [6.07, 6.45) is 2.75. The molecule has 0 radical (unpaired) electrons. The molecule has 162 valence electrons. The summed E-state index contributed by atoms with van der Waals surface area (Å²) in [6.45, 7) is 4.12. The average Bonchev–Trinajstić information content (AvgIpc) is 3.05. The molecule has 1 heterocycles. The van der Waals surface area contributed by atoms with Gasteiger partial charge in [0.2, 0.25) is 0 Å². The topological polar surface area (TPSA) is 79.5 Å². The number of aromatic nitrogens is 1. The number of para-hydroxylation sites is 1. The molecule has 2 atom stereocenters. The number of carboxylic acid groups (broad SMARTS) is 1. The van der Waals surface area contributed by atoms with Crippen LogP contribution in [0.25, 0.3) is 28.1 Å². The van der Waals surface area contributed by atoms with E-state index < -0.39 is 24.4 Å². The van der Waals surface area contributed by atoms with Crippen LogP contribution in [0.2, 0.25) is 0 Å². The van der Waals surface area contributed by atoms with E-state index >= 15 is 0 Å². The Balaban J connectivity index is 2.11. The largest absolute Gasteiger partial charge is 0.481 e. The number of carbonyl (C=O) groups excluding carboxylic acids is 1. The molecule has 0 bridgehead atoms. The molecule has 6 heteroatoms. The molecule has 0 aliphatic carbocycles. The number of fused-ring (bicyclic) bond motifs is 1. The second-order valence-electron chi connectivity index (χ2n) is 7.89. The summed E-state index contributed by atoms with van der Waals surface area (Å²) in [6, 6.07) is 14.3. The summed E-state index contributed by atoms with van der Waals surface area (Å²) in [4.78, 5) is 22.4. The van der Waals surface area contributed by atoms with Gasteiger partial charge in [0.1, 0.15) is 12.1 Å². The van der Waals surface area contributed by atoms with Crippen LogP contribution in [0.4, 0.5) is 4.39 Å². The summed E-state index contributed by atoms with van der Waals surface area (Å²) in [5, 5.41) is 19.8. The number of nitrogens with zero attached hydrogens (tertiary/aromatic N) is 1. The Morgan fingerprint density at radius 1 is 1.13 bits per heavy atom. The molecule has 2 unspecified atom stereocenters. The van der Waals surface area contributed by atoms with Crippen LogP contribution in [-0.2, 0) is 9.59 Å². The number of benzene rings is 2. The third kappa shape index (κ3) is 5.09. The van der Waals surface area contributed by atoms with Gasteiger partial charge >= 0.3 is 5.97 Å². The van der Waals surface area contributed by atoms with Crippen molar-refractivity contribution >= 4 is 29.2 Å². The number of hydrogen-bond donors (Lipinski definition) is 2. The monoisotopic (exact) mass is 423 g/mol. The van der Waals surface area contributed by atoms with Crippen molar-refractivity contribution in [3.05, 3.63) is 66.1 Å². The van der Waals surface area contributed by atoms with Crippen molar-refractivity contribution in [1.29, 1.82) is 0 Å². The van der Waals surface area contributed by atoms with E-state index in [1.165, 1.54) is 12.1 Å². The lowest BCUT2D eigenvalue weighted by atomic mass is 9.98. The number of carbonyl (C=O) groups is 2. The number of hydrogen-bond acceptors (Lipinski definition) is 3. The minimum atomic E-state index is -1.11. The summed E-state index contributed by atoms with van der Waals surface area (Å²) in [5.74, 6) is -2.06. The molecule has 0 fully saturated rings. The predicted molar refractivity (Wildman–Crippen MR) is 119 cm³/mol. The van der Waals surface area contributed by atoms with Gasteiger partial charge in [0.05, 0.1) is 12.5 Å². The van der Waals surface area contributed by atoms with Crippen molar-refractivity contribution in [3.63, 3.8) is 0 Å². The highest BCUT2D eigenvalue weighted by Crippen LogP contribution is 2.38. The highest BCUT2D eigenvalue weighted by atomic mass is 19.1. The van der Waals surface area contributed by atoms with E-state index in [9.17, 15) is 19.1 Å². The normalized spacial score (nSPS) is 13.7. The fraction of sp³-hybridized carbons (Fsp3) is 0.280. The maximum Gasteiger partial charge on any atom is 0.305 e. The summed E-state index contributed by atoms with van der Waals surface area (Å²) >= 11 is 0. The van der Waals surface area contributed by atoms with Crippen LogP contribution in [0.15, 0.2) is 54.6 Å². The molecular weight excluding hydrogens is 397 g/mol. The van der Waals surface area contributed by atoms with Gasteiger partial charge in [0.15, 0.2) is 0 Å². The lowest BCUT2D eigenvalue weighted by Crippen LogP contribution is -2.17. The van der Waals surface area contributed by atoms with E-state index in [0.717, 1.165) is 27.7 Å². The number of halogens is 1. The van der Waals surface area contributed by atoms with Crippen molar-refractivity contribution in [1.82, 2.24) is 4.57 Å². The molecule has 0 aliphatic rings. The van der Waals surface area contributed by atoms with Gasteiger partial charge in [-0.25, -0.2) is 4.39 Å². The van der Waals surface area contributed by atoms with Crippen LogP contribution in [0.1, 0.15) is 38.4 Å². The smallest absolute Gasteiger partial charge is 0.305 e. The van der Waals surface area contributed by atoms with E-state index in [2.05, 4.69) is 18.4 Å². The Morgan fingerprint density at radius 3 is 2.42 bits per heavy atom. The van der Waals surface area contributed by atoms with Crippen LogP contribution < -0.4 is 0 Å². The molecule has 2 N–H and O–H groups in total. The highest BCUT2D eigenvalue weighted by molar-refractivity contribution is 6.01. The molecule has 0 saturated heterocycles. The minimum Gasteiger partial charge on any atom is -0.481 e. The van der Waals surface area contributed by atoms with E-state index in [1.54, 1.807) is 18.2 Å². The number of aldehydes is 1. The molecule has 0 aliphatic heterocycles. The van der Waals surface area contributed by atoms with Crippen LogP contribution in [0.5, 0.6) is 0 Å². The second-order valence-corrected chi connectivity index (χ2v) is 7.89. The average molecular weight is 423 g/mol. The van der Waals surface area contributed by atoms with Crippen molar-refractivity contribution in [3.8, 4) is 11.1 Å². The van der Waals surface area contributed by atoms with Gasteiger partial charge in [-0.05, 0) is 50.1 Å². The predicted octanol–water partition coefficient (Wildman–Crippen LogP) is 5.08. The highest BCUT2D eigenvalue weighted by Gasteiger charge is 2.20. The molecule has 5 nitrogen and oxygen atoms in total. The fourth-order valence-corrected chi connectivity index (χ4v) is 3.92. The van der Waals surface area contributed by atoms with Crippen molar-refractivity contribution < 1.29 is 24.2 Å². The fourth-order valence-electron chi connectivity index (χ4n) is 3.92. The quantitative estimate of drug-likeness (QED) is 0.470. The van der Waals surface area contributed by atoms with Crippen molar-refractivity contribution in [2.75, 3.05) is 0 Å². The summed E-state index contributed by atoms with van der Waals surface area (Å²) in [5.41, 5.74) is 3.66. The molecule has 31 heavy (non-hydrogen) atoms. The lowest BCUT2D eigenvalue weighted by Gasteiger charge is -2.15. The van der Waals surface area contributed by atoms with Gasteiger partial charge in [-0.15, -0.1) is 0 Å². The third-order valence-electron chi connectivity index (χ3n) is 5.23. The molecule has 0 spiro atoms.